The molecule has 2 aromatic heterocycles. The second-order valence-corrected chi connectivity index (χ2v) is 9.77. The first kappa shape index (κ1) is 25.1. The van der Waals surface area contributed by atoms with Crippen LogP contribution in [0.2, 0.25) is 0 Å². The van der Waals surface area contributed by atoms with E-state index in [1.165, 1.54) is 5.01 Å². The van der Waals surface area contributed by atoms with E-state index in [0.717, 1.165) is 74.4 Å². The fourth-order valence-corrected chi connectivity index (χ4v) is 4.97. The third kappa shape index (κ3) is 6.07. The topological polar surface area (TPSA) is 148 Å². The van der Waals surface area contributed by atoms with Crippen molar-refractivity contribution in [3.63, 3.8) is 0 Å². The van der Waals surface area contributed by atoms with Crippen LogP contribution in [0.15, 0.2) is 36.5 Å². The van der Waals surface area contributed by atoms with Crippen LogP contribution in [0.4, 0.5) is 23.1 Å². The molecule has 1 amide bonds. The number of nitrogens with one attached hydrogen (secondary N) is 2. The van der Waals surface area contributed by atoms with Gasteiger partial charge in [-0.15, -0.1) is 0 Å². The monoisotopic (exact) mass is 505 g/mol. The third-order valence-corrected chi connectivity index (χ3v) is 7.08. The molecule has 1 saturated carbocycles. The number of hydrogen-bond acceptors (Lipinski definition) is 10. The summed E-state index contributed by atoms with van der Waals surface area (Å²) in [5.41, 5.74) is 9.15. The number of nitrogen functional groups attached to an aromatic ring is 1. The largest absolute Gasteiger partial charge is 0.394 e. The summed E-state index contributed by atoms with van der Waals surface area (Å²) < 4.78 is 5.37. The summed E-state index contributed by atoms with van der Waals surface area (Å²) in [5, 5.41) is 8.90. The second-order valence-electron chi connectivity index (χ2n) is 9.77. The average molecular weight is 506 g/mol. The highest BCUT2D eigenvalue weighted by Crippen LogP contribution is 2.31. The zero-order valence-electron chi connectivity index (χ0n) is 21.2. The normalized spacial score (nSPS) is 20.2. The summed E-state index contributed by atoms with van der Waals surface area (Å²) in [5.74, 6) is 7.38. The Labute approximate surface area is 216 Å². The Morgan fingerprint density at radius 1 is 1.19 bits per heavy atom. The Hall–Kier alpha value is -3.54. The fraction of sp³-hybridized carbons (Fsp3) is 0.462. The molecule has 196 valence electrons. The van der Waals surface area contributed by atoms with E-state index in [1.54, 1.807) is 6.20 Å². The highest BCUT2D eigenvalue weighted by atomic mass is 16.5. The van der Waals surface area contributed by atoms with E-state index in [9.17, 15) is 4.79 Å². The number of amides is 1. The Kier molecular flexibility index (Phi) is 7.63. The van der Waals surface area contributed by atoms with Crippen LogP contribution in [0, 0.1) is 12.8 Å². The van der Waals surface area contributed by atoms with E-state index >= 15 is 0 Å². The van der Waals surface area contributed by atoms with Gasteiger partial charge in [0.25, 0.3) is 0 Å². The smallest absolute Gasteiger partial charge is 0.225 e. The average Bonchev–Trinajstić information content (AvgIpc) is 3.38. The van der Waals surface area contributed by atoms with E-state index in [0.29, 0.717) is 24.0 Å². The van der Waals surface area contributed by atoms with Crippen LogP contribution in [0.1, 0.15) is 25.0 Å². The Morgan fingerprint density at radius 3 is 2.86 bits per heavy atom. The highest BCUT2D eigenvalue weighted by Gasteiger charge is 2.30. The third-order valence-electron chi connectivity index (χ3n) is 7.08. The maximum absolute atomic E-state index is 12.7. The number of ether oxygens (including phenoxy) is 1. The number of nitrogens with zero attached hydrogens (tertiary/aromatic N) is 5. The molecule has 0 spiro atoms. The number of aryl methyl sites for hydroxylation is 1. The molecule has 5 rings (SSSR count). The number of rotatable bonds is 8. The lowest BCUT2D eigenvalue weighted by Gasteiger charge is -2.26. The molecule has 1 aliphatic carbocycles. The quantitative estimate of drug-likeness (QED) is 0.264. The molecular formula is C26H35N9O2. The van der Waals surface area contributed by atoms with Crippen molar-refractivity contribution < 1.29 is 9.53 Å². The van der Waals surface area contributed by atoms with Gasteiger partial charge in [-0.2, -0.15) is 4.98 Å². The lowest BCUT2D eigenvalue weighted by molar-refractivity contribution is -0.124. The summed E-state index contributed by atoms with van der Waals surface area (Å²) in [7, 11) is 0. The number of pyridine rings is 1. The number of morpholine rings is 1. The van der Waals surface area contributed by atoms with E-state index in [1.807, 2.05) is 37.3 Å². The number of hydrazine groups is 1. The van der Waals surface area contributed by atoms with Gasteiger partial charge in [0.05, 0.1) is 36.3 Å². The van der Waals surface area contributed by atoms with Crippen molar-refractivity contribution in [2.75, 3.05) is 55.5 Å². The predicted octanol–water partition coefficient (Wildman–Crippen LogP) is 1.96. The van der Waals surface area contributed by atoms with Gasteiger partial charge >= 0.3 is 0 Å². The molecular weight excluding hydrogens is 470 g/mol. The summed E-state index contributed by atoms with van der Waals surface area (Å²) in [6.07, 6.45) is 3.99. The molecule has 1 unspecified atom stereocenters. The zero-order valence-corrected chi connectivity index (χ0v) is 21.2. The van der Waals surface area contributed by atoms with Crippen LogP contribution < -0.4 is 27.2 Å². The van der Waals surface area contributed by atoms with Crippen molar-refractivity contribution in [1.82, 2.24) is 25.2 Å². The van der Waals surface area contributed by atoms with Gasteiger partial charge in [0, 0.05) is 49.2 Å². The van der Waals surface area contributed by atoms with Gasteiger partial charge in [0.15, 0.2) is 5.82 Å². The van der Waals surface area contributed by atoms with Gasteiger partial charge in [-0.25, -0.2) is 10.8 Å². The van der Waals surface area contributed by atoms with Crippen molar-refractivity contribution in [3.05, 3.63) is 42.2 Å². The van der Waals surface area contributed by atoms with Crippen molar-refractivity contribution in [2.24, 2.45) is 11.8 Å². The molecule has 6 N–H and O–H groups in total. The van der Waals surface area contributed by atoms with Crippen molar-refractivity contribution in [1.29, 1.82) is 0 Å². The van der Waals surface area contributed by atoms with Crippen molar-refractivity contribution in [3.8, 4) is 0 Å². The molecule has 11 heteroatoms. The molecule has 0 radical (unpaired) electrons. The van der Waals surface area contributed by atoms with Crippen molar-refractivity contribution >= 4 is 40.0 Å². The predicted molar refractivity (Wildman–Crippen MR) is 144 cm³/mol. The number of carbonyl (C=O) groups excluding carboxylic acids is 1. The van der Waals surface area contributed by atoms with Crippen LogP contribution >= 0.6 is 0 Å². The molecule has 2 atom stereocenters. The number of carbonyl (C=O) groups is 1. The fourth-order valence-electron chi connectivity index (χ4n) is 4.97. The molecule has 0 bridgehead atoms. The maximum atomic E-state index is 12.7. The summed E-state index contributed by atoms with van der Waals surface area (Å²) >= 11 is 0. The molecule has 3 aromatic rings. The van der Waals surface area contributed by atoms with Crippen LogP contribution in [0.5, 0.6) is 0 Å². The van der Waals surface area contributed by atoms with Gasteiger partial charge < -0.3 is 21.1 Å². The molecule has 1 aliphatic heterocycles. The van der Waals surface area contributed by atoms with Gasteiger partial charge in [0.1, 0.15) is 0 Å². The highest BCUT2D eigenvalue weighted by molar-refractivity contribution is 5.84. The summed E-state index contributed by atoms with van der Waals surface area (Å²) in [4.78, 5) is 28.5. The molecule has 37 heavy (non-hydrogen) atoms. The first-order valence-electron chi connectivity index (χ1n) is 12.9. The summed E-state index contributed by atoms with van der Waals surface area (Å²) in [6, 6.07) is 9.86. The first-order valence-corrected chi connectivity index (χ1v) is 12.9. The molecule has 1 aromatic carbocycles. The lowest BCUT2D eigenvalue weighted by atomic mass is 10.1. The minimum Gasteiger partial charge on any atom is -0.394 e. The second kappa shape index (κ2) is 11.2. The number of hydrogen-bond donors (Lipinski definition) is 4. The van der Waals surface area contributed by atoms with E-state index < -0.39 is 0 Å². The number of aromatic nitrogens is 3. The zero-order chi connectivity index (χ0) is 25.8. The van der Waals surface area contributed by atoms with Gasteiger partial charge in [-0.05, 0) is 50.5 Å². The molecule has 2 aliphatic rings. The van der Waals surface area contributed by atoms with Crippen LogP contribution in [-0.4, -0.2) is 71.2 Å². The molecule has 2 fully saturated rings. The minimum atomic E-state index is -0.0173. The number of benzene rings is 1. The minimum absolute atomic E-state index is 0.0173. The summed E-state index contributed by atoms with van der Waals surface area (Å²) in [6.45, 7) is 6.85. The van der Waals surface area contributed by atoms with Gasteiger partial charge in [-0.1, -0.05) is 6.07 Å². The standard InChI is InChI=1S/C26H35N9O2/c1-17-2-3-18-15-21(6-7-23(18)31-17)35(28)24-22(27)16-30-26(33-24)32-20-5-4-19(14-20)25(36)29-8-9-34-10-12-37-13-11-34/h2-3,6-7,15-16,19-20H,4-5,8-14,27-28H2,1H3,(H,29,36)(H,30,32,33)/t19-,20?/m1/s1. The molecule has 11 nitrogen and oxygen atoms in total. The Morgan fingerprint density at radius 2 is 2.03 bits per heavy atom. The Balaban J connectivity index is 1.18. The number of fused-ring (bicyclic) bond motifs is 1. The van der Waals surface area contributed by atoms with E-state index in [-0.39, 0.29) is 17.9 Å². The van der Waals surface area contributed by atoms with E-state index in [4.69, 9.17) is 16.3 Å². The van der Waals surface area contributed by atoms with Crippen LogP contribution in [0.25, 0.3) is 10.9 Å². The SMILES string of the molecule is Cc1ccc2cc(N(N)c3nc(NC4CC[C@@H](C(=O)NCCN5CCOCC5)C4)ncc3N)ccc2n1. The number of nitrogens with two attached hydrogens (primary N) is 2. The molecule has 3 heterocycles. The van der Waals surface area contributed by atoms with Gasteiger partial charge in [-0.3, -0.25) is 19.7 Å². The van der Waals surface area contributed by atoms with Crippen LogP contribution in [0.3, 0.4) is 0 Å². The van der Waals surface area contributed by atoms with E-state index in [2.05, 4.69) is 30.5 Å². The lowest BCUT2D eigenvalue weighted by Crippen LogP contribution is -2.42. The van der Waals surface area contributed by atoms with Crippen LogP contribution in [-0.2, 0) is 9.53 Å². The first-order chi connectivity index (χ1) is 18.0. The maximum Gasteiger partial charge on any atom is 0.225 e. The molecule has 1 saturated heterocycles. The van der Waals surface area contributed by atoms with Crippen molar-refractivity contribution in [2.45, 2.75) is 32.2 Å². The Bertz CT molecular complexity index is 1250. The van der Waals surface area contributed by atoms with Gasteiger partial charge in [0.2, 0.25) is 11.9 Å². The number of anilines is 4.